The number of hydrogen-bond acceptors (Lipinski definition) is 3. The fourth-order valence-electron chi connectivity index (χ4n) is 1.70. The lowest BCUT2D eigenvalue weighted by Gasteiger charge is -2.17. The van der Waals surface area contributed by atoms with Crippen molar-refractivity contribution in [3.8, 4) is 0 Å². The second-order valence-corrected chi connectivity index (χ2v) is 7.69. The summed E-state index contributed by atoms with van der Waals surface area (Å²) in [6.07, 6.45) is 0.826. The van der Waals surface area contributed by atoms with E-state index in [-0.39, 0.29) is 6.04 Å². The van der Waals surface area contributed by atoms with E-state index in [4.69, 9.17) is 17.4 Å². The first-order valence-corrected chi connectivity index (χ1v) is 8.32. The van der Waals surface area contributed by atoms with Crippen molar-refractivity contribution < 1.29 is 0 Å². The van der Waals surface area contributed by atoms with E-state index in [1.165, 1.54) is 8.45 Å². The minimum atomic E-state index is 0.0730. The average molecular weight is 458 g/mol. The Labute approximate surface area is 137 Å². The molecule has 3 N–H and O–H groups in total. The summed E-state index contributed by atoms with van der Waals surface area (Å²) in [6.45, 7) is 0. The number of hydrogen-bond donors (Lipinski definition) is 2. The van der Waals surface area contributed by atoms with Gasteiger partial charge >= 0.3 is 0 Å². The van der Waals surface area contributed by atoms with Crippen LogP contribution in [0.3, 0.4) is 0 Å². The summed E-state index contributed by atoms with van der Waals surface area (Å²) in [5, 5.41) is 0. The molecule has 1 unspecified atom stereocenters. The van der Waals surface area contributed by atoms with Gasteiger partial charge in [0.2, 0.25) is 0 Å². The lowest BCUT2D eigenvalue weighted by atomic mass is 10.0. The van der Waals surface area contributed by atoms with Gasteiger partial charge in [-0.25, -0.2) is 0 Å². The number of halogens is 3. The Morgan fingerprint density at radius 2 is 2.17 bits per heavy atom. The van der Waals surface area contributed by atoms with Crippen LogP contribution in [0.2, 0.25) is 4.34 Å². The van der Waals surface area contributed by atoms with E-state index in [9.17, 15) is 0 Å². The van der Waals surface area contributed by atoms with Crippen molar-refractivity contribution in [2.75, 3.05) is 0 Å². The minimum absolute atomic E-state index is 0.0730. The van der Waals surface area contributed by atoms with E-state index >= 15 is 0 Å². The lowest BCUT2D eigenvalue weighted by molar-refractivity contribution is 0.553. The van der Waals surface area contributed by atoms with Gasteiger partial charge in [-0.1, -0.05) is 27.5 Å². The second kappa shape index (κ2) is 6.67. The number of rotatable bonds is 4. The van der Waals surface area contributed by atoms with Gasteiger partial charge in [-0.2, -0.15) is 0 Å². The molecule has 1 atom stereocenters. The molecule has 0 saturated carbocycles. The van der Waals surface area contributed by atoms with Gasteiger partial charge in [0.25, 0.3) is 0 Å². The molecule has 0 amide bonds. The molecule has 2 nitrogen and oxygen atoms in total. The van der Waals surface area contributed by atoms with E-state index < -0.39 is 0 Å². The highest BCUT2D eigenvalue weighted by Crippen LogP contribution is 2.30. The number of nitrogens with two attached hydrogens (primary N) is 1. The van der Waals surface area contributed by atoms with Crippen molar-refractivity contribution in [2.24, 2.45) is 5.84 Å². The highest BCUT2D eigenvalue weighted by Gasteiger charge is 2.15. The molecule has 1 aromatic heterocycles. The first-order valence-electron chi connectivity index (χ1n) is 5.25. The first kappa shape index (κ1) is 14.7. The molecule has 1 aromatic carbocycles. The van der Waals surface area contributed by atoms with E-state index in [1.807, 2.05) is 18.2 Å². The third kappa shape index (κ3) is 3.68. The van der Waals surface area contributed by atoms with Crippen molar-refractivity contribution in [2.45, 2.75) is 12.5 Å². The number of thiophene rings is 1. The Bertz CT molecular complexity index is 547. The Hall–Kier alpha value is 0.340. The van der Waals surface area contributed by atoms with E-state index in [0.717, 1.165) is 20.8 Å². The standard InChI is InChI=1S/C12H11BrClIN2S/c13-10-3-1-7(15)5-9(10)11(17-16)6-8-2-4-12(14)18-8/h1-5,11,17H,6,16H2. The molecule has 2 rings (SSSR count). The molecule has 0 spiro atoms. The molecule has 0 aliphatic heterocycles. The molecule has 2 aromatic rings. The van der Waals surface area contributed by atoms with Gasteiger partial charge in [0.1, 0.15) is 0 Å². The predicted octanol–water partition coefficient (Wildman–Crippen LogP) is 4.52. The van der Waals surface area contributed by atoms with E-state index in [1.54, 1.807) is 11.3 Å². The summed E-state index contributed by atoms with van der Waals surface area (Å²) >= 11 is 13.4. The maximum atomic E-state index is 5.95. The third-order valence-corrected chi connectivity index (χ3v) is 5.22. The van der Waals surface area contributed by atoms with Gasteiger partial charge in [0.05, 0.1) is 10.4 Å². The Morgan fingerprint density at radius 1 is 1.39 bits per heavy atom. The zero-order valence-corrected chi connectivity index (χ0v) is 14.6. The highest BCUT2D eigenvalue weighted by molar-refractivity contribution is 14.1. The largest absolute Gasteiger partial charge is 0.271 e. The Balaban J connectivity index is 2.25. The SMILES string of the molecule is NNC(Cc1ccc(Cl)s1)c1cc(I)ccc1Br. The van der Waals surface area contributed by atoms with E-state index in [2.05, 4.69) is 56.1 Å². The van der Waals surface area contributed by atoms with Gasteiger partial charge in [0.15, 0.2) is 0 Å². The summed E-state index contributed by atoms with van der Waals surface area (Å²) in [5.41, 5.74) is 4.04. The molecule has 0 aliphatic rings. The monoisotopic (exact) mass is 456 g/mol. The molecule has 0 saturated heterocycles. The Morgan fingerprint density at radius 3 is 2.78 bits per heavy atom. The Kier molecular flexibility index (Phi) is 5.47. The van der Waals surface area contributed by atoms with Crippen molar-refractivity contribution in [1.82, 2.24) is 5.43 Å². The van der Waals surface area contributed by atoms with Crippen LogP contribution in [0.25, 0.3) is 0 Å². The normalized spacial score (nSPS) is 12.7. The van der Waals surface area contributed by atoms with Gasteiger partial charge < -0.3 is 0 Å². The highest BCUT2D eigenvalue weighted by atomic mass is 127. The predicted molar refractivity (Wildman–Crippen MR) is 90.0 cm³/mol. The average Bonchev–Trinajstić information content (AvgIpc) is 2.75. The van der Waals surface area contributed by atoms with Crippen molar-refractivity contribution in [3.63, 3.8) is 0 Å². The molecule has 0 aliphatic carbocycles. The van der Waals surface area contributed by atoms with Crippen LogP contribution in [0.15, 0.2) is 34.8 Å². The molecule has 0 fully saturated rings. The summed E-state index contributed by atoms with van der Waals surface area (Å²) < 4.78 is 3.06. The molecule has 18 heavy (non-hydrogen) atoms. The number of benzene rings is 1. The number of hydrazine groups is 1. The van der Waals surface area contributed by atoms with Crippen LogP contribution >= 0.6 is 61.5 Å². The zero-order valence-electron chi connectivity index (χ0n) is 9.29. The second-order valence-electron chi connectivity index (χ2n) is 3.80. The maximum Gasteiger partial charge on any atom is 0.0931 e. The minimum Gasteiger partial charge on any atom is -0.271 e. The van der Waals surface area contributed by atoms with Crippen molar-refractivity contribution in [1.29, 1.82) is 0 Å². The molecular weight excluding hydrogens is 446 g/mol. The molecule has 6 heteroatoms. The van der Waals surface area contributed by atoms with Crippen LogP contribution < -0.4 is 11.3 Å². The fraction of sp³-hybridized carbons (Fsp3) is 0.167. The third-order valence-electron chi connectivity index (χ3n) is 2.57. The first-order chi connectivity index (χ1) is 8.60. The maximum absolute atomic E-state index is 5.95. The van der Waals surface area contributed by atoms with Crippen LogP contribution in [0.1, 0.15) is 16.5 Å². The van der Waals surface area contributed by atoms with Crippen LogP contribution in [0, 0.1) is 3.57 Å². The van der Waals surface area contributed by atoms with Gasteiger partial charge in [-0.15, -0.1) is 11.3 Å². The van der Waals surface area contributed by atoms with Gasteiger partial charge in [-0.3, -0.25) is 11.3 Å². The topological polar surface area (TPSA) is 38.0 Å². The fourth-order valence-corrected chi connectivity index (χ4v) is 3.87. The van der Waals surface area contributed by atoms with Gasteiger partial charge in [-0.05, 0) is 58.5 Å². The van der Waals surface area contributed by atoms with Crippen molar-refractivity contribution in [3.05, 3.63) is 53.2 Å². The van der Waals surface area contributed by atoms with Crippen LogP contribution in [0.4, 0.5) is 0 Å². The summed E-state index contributed by atoms with van der Waals surface area (Å²) in [6, 6.07) is 10.3. The zero-order chi connectivity index (χ0) is 13.1. The smallest absolute Gasteiger partial charge is 0.0931 e. The number of nitrogens with one attached hydrogen (secondary N) is 1. The van der Waals surface area contributed by atoms with Gasteiger partial charge in [0, 0.05) is 19.3 Å². The summed E-state index contributed by atoms with van der Waals surface area (Å²) in [7, 11) is 0. The molecular formula is C12H11BrClIN2S. The molecule has 1 heterocycles. The van der Waals surface area contributed by atoms with Crippen LogP contribution in [-0.4, -0.2) is 0 Å². The molecule has 0 radical (unpaired) electrons. The quantitative estimate of drug-likeness (QED) is 0.403. The van der Waals surface area contributed by atoms with Crippen LogP contribution in [-0.2, 0) is 6.42 Å². The summed E-state index contributed by atoms with van der Waals surface area (Å²) in [5.74, 6) is 5.68. The van der Waals surface area contributed by atoms with Crippen LogP contribution in [0.5, 0.6) is 0 Å². The molecule has 0 bridgehead atoms. The van der Waals surface area contributed by atoms with Crippen molar-refractivity contribution >= 4 is 61.5 Å². The molecule has 96 valence electrons. The summed E-state index contributed by atoms with van der Waals surface area (Å²) in [4.78, 5) is 1.22. The van der Waals surface area contributed by atoms with E-state index in [0.29, 0.717) is 0 Å². The lowest BCUT2D eigenvalue weighted by Crippen LogP contribution is -2.29.